The zero-order valence-corrected chi connectivity index (χ0v) is 18.1. The van der Waals surface area contributed by atoms with Gasteiger partial charge in [0.15, 0.2) is 10.4 Å². The maximum atomic E-state index is 12.4. The van der Waals surface area contributed by atoms with Gasteiger partial charge < -0.3 is 9.73 Å². The van der Waals surface area contributed by atoms with Gasteiger partial charge in [0.2, 0.25) is 0 Å². The van der Waals surface area contributed by atoms with Gasteiger partial charge in [-0.05, 0) is 59.6 Å². The van der Waals surface area contributed by atoms with E-state index in [9.17, 15) is 9.59 Å². The van der Waals surface area contributed by atoms with Gasteiger partial charge >= 0.3 is 0 Å². The molecule has 2 amide bonds. The van der Waals surface area contributed by atoms with Gasteiger partial charge in [-0.2, -0.15) is 10.2 Å². The number of aromatic nitrogens is 2. The fraction of sp³-hybridized carbons (Fsp3) is 0.158. The van der Waals surface area contributed by atoms with Gasteiger partial charge in [0, 0.05) is 12.7 Å². The molecule has 0 aliphatic rings. The fourth-order valence-corrected chi connectivity index (χ4v) is 3.13. The number of halogens is 2. The highest BCUT2D eigenvalue weighted by atomic mass is 79.9. The molecule has 0 unspecified atom stereocenters. The molecule has 3 aromatic rings. The smallest absolute Gasteiger partial charge is 0.291 e. The van der Waals surface area contributed by atoms with Crippen LogP contribution in [0, 0.1) is 6.92 Å². The number of nitrogens with zero attached hydrogens (tertiary/aromatic N) is 3. The van der Waals surface area contributed by atoms with Crippen molar-refractivity contribution in [1.29, 1.82) is 0 Å². The summed E-state index contributed by atoms with van der Waals surface area (Å²) < 4.78 is 7.11. The molecule has 150 valence electrons. The molecule has 0 atom stereocenters. The minimum absolute atomic E-state index is 0.184. The van der Waals surface area contributed by atoms with Crippen LogP contribution in [0.5, 0.6) is 0 Å². The van der Waals surface area contributed by atoms with Crippen molar-refractivity contribution in [2.45, 2.75) is 13.8 Å². The van der Waals surface area contributed by atoms with E-state index >= 15 is 0 Å². The lowest BCUT2D eigenvalue weighted by Crippen LogP contribution is -2.22. The number of hydrogen-bond donors (Lipinski definition) is 2. The van der Waals surface area contributed by atoms with Crippen molar-refractivity contribution >= 4 is 50.7 Å². The molecule has 2 heterocycles. The summed E-state index contributed by atoms with van der Waals surface area (Å²) in [4.78, 5) is 24.6. The van der Waals surface area contributed by atoms with Crippen molar-refractivity contribution < 1.29 is 14.0 Å². The molecule has 0 saturated heterocycles. The van der Waals surface area contributed by atoms with E-state index < -0.39 is 5.91 Å². The van der Waals surface area contributed by atoms with E-state index in [2.05, 4.69) is 36.9 Å². The average molecular weight is 479 g/mol. The predicted octanol–water partition coefficient (Wildman–Crippen LogP) is 4.14. The Balaban J connectivity index is 1.72. The molecule has 2 aromatic heterocycles. The lowest BCUT2D eigenvalue weighted by molar-refractivity contribution is 0.0944. The molecule has 3 rings (SSSR count). The van der Waals surface area contributed by atoms with Crippen LogP contribution in [0.15, 0.2) is 50.6 Å². The molecule has 0 saturated carbocycles. The van der Waals surface area contributed by atoms with Crippen LogP contribution < -0.4 is 10.7 Å². The number of benzene rings is 1. The Bertz CT molecular complexity index is 1120. The number of carbonyl (C=O) groups excluding carboxylic acids is 2. The Morgan fingerprint density at radius 3 is 2.62 bits per heavy atom. The SMILES string of the molecule is C/C(=N\NC(=O)c1c(Cl)c(C)nn1C)c1cccc(NC(=O)c2ccc(Br)o2)c1. The van der Waals surface area contributed by atoms with Gasteiger partial charge in [0.25, 0.3) is 11.8 Å². The number of nitrogens with one attached hydrogen (secondary N) is 2. The highest BCUT2D eigenvalue weighted by Gasteiger charge is 2.18. The summed E-state index contributed by atoms with van der Waals surface area (Å²) in [5.41, 5.74) is 5.09. The minimum atomic E-state index is -0.467. The lowest BCUT2D eigenvalue weighted by Gasteiger charge is -2.07. The second-order valence-electron chi connectivity index (χ2n) is 6.15. The summed E-state index contributed by atoms with van der Waals surface area (Å²) in [6, 6.07) is 10.3. The van der Waals surface area contributed by atoms with Crippen LogP contribution in [0.25, 0.3) is 0 Å². The van der Waals surface area contributed by atoms with Crippen molar-refractivity contribution in [3.63, 3.8) is 0 Å². The Morgan fingerprint density at radius 2 is 2.00 bits per heavy atom. The van der Waals surface area contributed by atoms with Crippen molar-refractivity contribution in [3.05, 3.63) is 68.8 Å². The molecule has 0 bridgehead atoms. The van der Waals surface area contributed by atoms with Crippen molar-refractivity contribution in [2.75, 3.05) is 5.32 Å². The zero-order valence-electron chi connectivity index (χ0n) is 15.8. The molecule has 0 radical (unpaired) electrons. The molecular formula is C19H17BrClN5O3. The van der Waals surface area contributed by atoms with E-state index in [0.717, 1.165) is 5.56 Å². The maximum absolute atomic E-state index is 12.4. The standard InChI is InChI=1S/C19H17BrClN5O3/c1-10(23-24-19(28)17-16(21)11(2)25-26(17)3)12-5-4-6-13(9-12)22-18(27)14-7-8-15(20)29-14/h4-9H,1-3H3,(H,22,27)(H,24,28)/b23-10+. The Labute approximate surface area is 180 Å². The van der Waals surface area contributed by atoms with Gasteiger partial charge in [-0.3, -0.25) is 14.3 Å². The normalized spacial score (nSPS) is 11.4. The number of rotatable bonds is 5. The van der Waals surface area contributed by atoms with Crippen LogP contribution in [0.1, 0.15) is 39.2 Å². The Hall–Kier alpha value is -2.91. The molecule has 0 fully saturated rings. The van der Waals surface area contributed by atoms with Crippen LogP contribution in [-0.2, 0) is 7.05 Å². The third kappa shape index (κ3) is 4.75. The van der Waals surface area contributed by atoms with Crippen LogP contribution in [0.3, 0.4) is 0 Å². The molecule has 1 aromatic carbocycles. The number of hydrogen-bond acceptors (Lipinski definition) is 5. The number of aryl methyl sites for hydroxylation is 2. The van der Waals surface area contributed by atoms with Gasteiger partial charge in [0.1, 0.15) is 5.69 Å². The van der Waals surface area contributed by atoms with Crippen LogP contribution >= 0.6 is 27.5 Å². The molecule has 0 spiro atoms. The molecule has 2 N–H and O–H groups in total. The maximum Gasteiger partial charge on any atom is 0.291 e. The largest absolute Gasteiger partial charge is 0.444 e. The molecular weight excluding hydrogens is 462 g/mol. The quantitative estimate of drug-likeness (QED) is 0.425. The van der Waals surface area contributed by atoms with Gasteiger partial charge in [-0.15, -0.1) is 0 Å². The van der Waals surface area contributed by atoms with Crippen molar-refractivity contribution in [1.82, 2.24) is 15.2 Å². The monoisotopic (exact) mass is 477 g/mol. The van der Waals surface area contributed by atoms with Gasteiger partial charge in [-0.1, -0.05) is 23.7 Å². The van der Waals surface area contributed by atoms with Crippen molar-refractivity contribution in [3.8, 4) is 0 Å². The summed E-state index contributed by atoms with van der Waals surface area (Å²) in [5.74, 6) is -0.662. The number of anilines is 1. The predicted molar refractivity (Wildman–Crippen MR) is 113 cm³/mol. The first-order valence-corrected chi connectivity index (χ1v) is 9.64. The first kappa shape index (κ1) is 20.8. The van der Waals surface area contributed by atoms with Gasteiger partial charge in [0.05, 0.1) is 16.4 Å². The van der Waals surface area contributed by atoms with Crippen LogP contribution in [0.2, 0.25) is 5.02 Å². The van der Waals surface area contributed by atoms with E-state index in [1.54, 1.807) is 51.2 Å². The molecule has 29 heavy (non-hydrogen) atoms. The fourth-order valence-electron chi connectivity index (χ4n) is 2.58. The summed E-state index contributed by atoms with van der Waals surface area (Å²) in [6.07, 6.45) is 0. The Morgan fingerprint density at radius 1 is 1.24 bits per heavy atom. The Kier molecular flexibility index (Phi) is 6.19. The topological polar surface area (TPSA) is 102 Å². The third-order valence-electron chi connectivity index (χ3n) is 4.02. The molecule has 10 heteroatoms. The summed E-state index contributed by atoms with van der Waals surface area (Å²) >= 11 is 9.28. The first-order chi connectivity index (χ1) is 13.8. The summed E-state index contributed by atoms with van der Waals surface area (Å²) in [7, 11) is 1.63. The number of amides is 2. The van der Waals surface area contributed by atoms with E-state index in [0.29, 0.717) is 21.8 Å². The zero-order chi connectivity index (χ0) is 21.1. The van der Waals surface area contributed by atoms with Crippen molar-refractivity contribution in [2.24, 2.45) is 12.1 Å². The second kappa shape index (κ2) is 8.62. The first-order valence-electron chi connectivity index (χ1n) is 8.47. The van der Waals surface area contributed by atoms with E-state index in [4.69, 9.17) is 16.0 Å². The number of carbonyl (C=O) groups is 2. The van der Waals surface area contributed by atoms with Crippen LogP contribution in [-0.4, -0.2) is 27.3 Å². The molecule has 8 nitrogen and oxygen atoms in total. The molecule has 0 aliphatic carbocycles. The summed E-state index contributed by atoms with van der Waals surface area (Å²) in [6.45, 7) is 3.45. The highest BCUT2D eigenvalue weighted by Crippen LogP contribution is 2.19. The van der Waals surface area contributed by atoms with E-state index in [-0.39, 0.29) is 22.4 Å². The number of hydrazone groups is 1. The lowest BCUT2D eigenvalue weighted by atomic mass is 10.1. The van der Waals surface area contributed by atoms with Gasteiger partial charge in [-0.25, -0.2) is 5.43 Å². The van der Waals surface area contributed by atoms with E-state index in [1.165, 1.54) is 4.68 Å². The van der Waals surface area contributed by atoms with E-state index in [1.807, 2.05) is 6.07 Å². The minimum Gasteiger partial charge on any atom is -0.444 e. The second-order valence-corrected chi connectivity index (χ2v) is 7.31. The van der Waals surface area contributed by atoms with Crippen LogP contribution in [0.4, 0.5) is 5.69 Å². The highest BCUT2D eigenvalue weighted by molar-refractivity contribution is 9.10. The third-order valence-corrected chi connectivity index (χ3v) is 4.90. The molecule has 0 aliphatic heterocycles. The average Bonchev–Trinajstić information content (AvgIpc) is 3.22. The summed E-state index contributed by atoms with van der Waals surface area (Å²) in [5, 5.41) is 11.3. The number of furan rings is 1.